The van der Waals surface area contributed by atoms with Gasteiger partial charge < -0.3 is 26.0 Å². The van der Waals surface area contributed by atoms with Crippen LogP contribution in [0.2, 0.25) is 0 Å². The quantitative estimate of drug-likeness (QED) is 0.445. The van der Waals surface area contributed by atoms with E-state index in [1.54, 1.807) is 21.9 Å². The third-order valence-corrected chi connectivity index (χ3v) is 8.15. The molecule has 2 aliphatic rings. The molecule has 0 unspecified atom stereocenters. The van der Waals surface area contributed by atoms with Crippen molar-refractivity contribution in [1.29, 1.82) is 0 Å². The molecule has 0 aliphatic carbocycles. The number of carbonyl (C=O) groups excluding carboxylic acids is 3. The molecule has 3 amide bonds. The van der Waals surface area contributed by atoms with Crippen molar-refractivity contribution in [3.05, 3.63) is 99.6 Å². The number of aryl methyl sites for hydroxylation is 2. The van der Waals surface area contributed by atoms with Crippen molar-refractivity contribution in [2.24, 2.45) is 5.73 Å². The molecule has 3 aromatic carbocycles. The molecule has 2 aliphatic heterocycles. The van der Waals surface area contributed by atoms with Crippen molar-refractivity contribution < 1.29 is 19.5 Å². The average molecular weight is 541 g/mol. The number of hydrogen-bond acceptors (Lipinski definition) is 5. The molecule has 0 saturated carbocycles. The Bertz CT molecular complexity index is 1430. The number of amides is 3. The zero-order valence-electron chi connectivity index (χ0n) is 23.0. The van der Waals surface area contributed by atoms with Gasteiger partial charge in [-0.15, -0.1) is 0 Å². The highest BCUT2D eigenvalue weighted by Gasteiger charge is 2.37. The lowest BCUT2D eigenvalue weighted by Gasteiger charge is -2.37. The molecular formula is C32H36N4O4. The summed E-state index contributed by atoms with van der Waals surface area (Å²) in [6.07, 6.45) is 1.43. The van der Waals surface area contributed by atoms with E-state index < -0.39 is 12.1 Å². The van der Waals surface area contributed by atoms with Crippen molar-refractivity contribution in [2.45, 2.75) is 58.3 Å². The number of nitrogens with one attached hydrogen (secondary N) is 1. The largest absolute Gasteiger partial charge is 0.508 e. The molecule has 3 aromatic rings. The first-order chi connectivity index (χ1) is 19.2. The summed E-state index contributed by atoms with van der Waals surface area (Å²) >= 11 is 0. The standard InChI is InChI=1S/C32H36N4O4/c1-20-13-26(37)14-21(2)27(20)16-28(33)32(40)36-19-25-10-6-4-8-23(25)15-29(36)31(39)34-17-30(38)35-12-11-22-7-3-5-9-24(22)18-35/h3-10,13-14,28-29,37H,11-12,15-19,33H2,1-2H3,(H,34,39)/t28-,29+/m0/s1. The van der Waals surface area contributed by atoms with E-state index in [2.05, 4.69) is 11.4 Å². The van der Waals surface area contributed by atoms with Crippen molar-refractivity contribution in [3.8, 4) is 5.75 Å². The Labute approximate surface area is 234 Å². The lowest BCUT2D eigenvalue weighted by molar-refractivity contribution is -0.143. The Kier molecular flexibility index (Phi) is 7.89. The molecule has 0 spiro atoms. The van der Waals surface area contributed by atoms with E-state index >= 15 is 0 Å². The van der Waals surface area contributed by atoms with Gasteiger partial charge in [0.15, 0.2) is 0 Å². The van der Waals surface area contributed by atoms with Gasteiger partial charge in [0, 0.05) is 26.1 Å². The van der Waals surface area contributed by atoms with E-state index in [0.29, 0.717) is 19.5 Å². The maximum absolute atomic E-state index is 13.7. The molecule has 2 atom stereocenters. The predicted molar refractivity (Wildman–Crippen MR) is 152 cm³/mol. The van der Waals surface area contributed by atoms with Gasteiger partial charge in [-0.3, -0.25) is 14.4 Å². The number of benzene rings is 3. The minimum Gasteiger partial charge on any atom is -0.508 e. The average Bonchev–Trinajstić information content (AvgIpc) is 2.96. The fourth-order valence-electron chi connectivity index (χ4n) is 5.90. The van der Waals surface area contributed by atoms with E-state index in [9.17, 15) is 19.5 Å². The fourth-order valence-corrected chi connectivity index (χ4v) is 5.90. The number of rotatable bonds is 6. The van der Waals surface area contributed by atoms with Crippen LogP contribution in [-0.4, -0.2) is 57.8 Å². The topological polar surface area (TPSA) is 116 Å². The number of fused-ring (bicyclic) bond motifs is 2. The van der Waals surface area contributed by atoms with Crippen molar-refractivity contribution in [1.82, 2.24) is 15.1 Å². The summed E-state index contributed by atoms with van der Waals surface area (Å²) in [5.74, 6) is -0.656. The number of phenolic OH excluding ortho intramolecular Hbond substituents is 1. The lowest BCUT2D eigenvalue weighted by Crippen LogP contribution is -2.57. The second kappa shape index (κ2) is 11.5. The lowest BCUT2D eigenvalue weighted by atomic mass is 9.91. The molecular weight excluding hydrogens is 504 g/mol. The second-order valence-corrected chi connectivity index (χ2v) is 10.9. The molecule has 4 N–H and O–H groups in total. The van der Waals surface area contributed by atoms with Crippen molar-refractivity contribution in [3.63, 3.8) is 0 Å². The summed E-state index contributed by atoms with van der Waals surface area (Å²) in [5, 5.41) is 12.7. The number of hydrogen-bond donors (Lipinski definition) is 3. The normalized spacial score (nSPS) is 17.0. The van der Waals surface area contributed by atoms with Gasteiger partial charge in [-0.05, 0) is 77.8 Å². The maximum atomic E-state index is 13.7. The zero-order valence-corrected chi connectivity index (χ0v) is 23.0. The molecule has 2 heterocycles. The van der Waals surface area contributed by atoms with E-state index in [-0.39, 0.29) is 43.0 Å². The van der Waals surface area contributed by atoms with Crippen LogP contribution < -0.4 is 11.1 Å². The minimum absolute atomic E-state index is 0.126. The van der Waals surface area contributed by atoms with Gasteiger partial charge >= 0.3 is 0 Å². The molecule has 0 saturated heterocycles. The fraction of sp³-hybridized carbons (Fsp3) is 0.344. The van der Waals surface area contributed by atoms with Crippen LogP contribution in [0.1, 0.15) is 38.9 Å². The van der Waals surface area contributed by atoms with Crippen molar-refractivity contribution >= 4 is 17.7 Å². The van der Waals surface area contributed by atoms with Crippen LogP contribution >= 0.6 is 0 Å². The SMILES string of the molecule is Cc1cc(O)cc(C)c1C[C@H](N)C(=O)N1Cc2ccccc2C[C@@H]1C(=O)NCC(=O)N1CCc2ccccc2C1. The number of nitrogens with two attached hydrogens (primary N) is 1. The van der Waals surface area contributed by atoms with Crippen LogP contribution in [0.4, 0.5) is 0 Å². The number of phenols is 1. The minimum atomic E-state index is -0.863. The zero-order chi connectivity index (χ0) is 28.4. The van der Waals surface area contributed by atoms with Gasteiger partial charge in [-0.25, -0.2) is 0 Å². The molecule has 0 bridgehead atoms. The highest BCUT2D eigenvalue weighted by atomic mass is 16.3. The van der Waals surface area contributed by atoms with Crippen LogP contribution in [0.3, 0.4) is 0 Å². The summed E-state index contributed by atoms with van der Waals surface area (Å²) in [4.78, 5) is 43.5. The van der Waals surface area contributed by atoms with Crippen LogP contribution in [-0.2, 0) is 46.7 Å². The van der Waals surface area contributed by atoms with Crippen LogP contribution in [0.25, 0.3) is 0 Å². The molecule has 208 valence electrons. The Balaban J connectivity index is 1.29. The molecule has 0 aromatic heterocycles. The van der Waals surface area contributed by atoms with Crippen molar-refractivity contribution in [2.75, 3.05) is 13.1 Å². The Morgan fingerprint density at radius 3 is 2.23 bits per heavy atom. The van der Waals surface area contributed by atoms with E-state index in [4.69, 9.17) is 5.73 Å². The van der Waals surface area contributed by atoms with Gasteiger partial charge in [0.2, 0.25) is 17.7 Å². The van der Waals surface area contributed by atoms with Gasteiger partial charge in [0.25, 0.3) is 0 Å². The highest BCUT2D eigenvalue weighted by molar-refractivity contribution is 5.92. The van der Waals surface area contributed by atoms with Gasteiger partial charge in [0.05, 0.1) is 12.6 Å². The smallest absolute Gasteiger partial charge is 0.243 e. The molecule has 40 heavy (non-hydrogen) atoms. The summed E-state index contributed by atoms with van der Waals surface area (Å²) in [6.45, 7) is 5.04. The van der Waals surface area contributed by atoms with Gasteiger partial charge in [-0.2, -0.15) is 0 Å². The number of nitrogens with zero attached hydrogens (tertiary/aromatic N) is 2. The number of carbonyl (C=O) groups is 3. The first-order valence-electron chi connectivity index (χ1n) is 13.8. The predicted octanol–water partition coefficient (Wildman–Crippen LogP) is 2.53. The third kappa shape index (κ3) is 5.72. The Morgan fingerprint density at radius 2 is 1.55 bits per heavy atom. The maximum Gasteiger partial charge on any atom is 0.243 e. The van der Waals surface area contributed by atoms with Crippen LogP contribution in [0.5, 0.6) is 5.75 Å². The molecule has 8 heteroatoms. The van der Waals surface area contributed by atoms with Crippen LogP contribution in [0, 0.1) is 13.8 Å². The van der Waals surface area contributed by atoms with E-state index in [1.165, 1.54) is 5.56 Å². The molecule has 8 nitrogen and oxygen atoms in total. The monoisotopic (exact) mass is 540 g/mol. The summed E-state index contributed by atoms with van der Waals surface area (Å²) in [6, 6.07) is 17.5. The summed E-state index contributed by atoms with van der Waals surface area (Å²) in [7, 11) is 0. The first-order valence-corrected chi connectivity index (χ1v) is 13.8. The Hall–Kier alpha value is -4.17. The number of aromatic hydroxyl groups is 1. The van der Waals surface area contributed by atoms with Gasteiger partial charge in [0.1, 0.15) is 11.8 Å². The van der Waals surface area contributed by atoms with Gasteiger partial charge in [-0.1, -0.05) is 48.5 Å². The molecule has 0 fully saturated rings. The molecule has 5 rings (SSSR count). The molecule has 0 radical (unpaired) electrons. The highest BCUT2D eigenvalue weighted by Crippen LogP contribution is 2.26. The summed E-state index contributed by atoms with van der Waals surface area (Å²) in [5.41, 5.74) is 13.4. The van der Waals surface area contributed by atoms with E-state index in [1.807, 2.05) is 56.3 Å². The first kappa shape index (κ1) is 27.4. The Morgan fingerprint density at radius 1 is 0.950 bits per heavy atom. The van der Waals surface area contributed by atoms with Crippen LogP contribution in [0.15, 0.2) is 60.7 Å². The second-order valence-electron chi connectivity index (χ2n) is 10.9. The van der Waals surface area contributed by atoms with E-state index in [0.717, 1.165) is 39.8 Å². The summed E-state index contributed by atoms with van der Waals surface area (Å²) < 4.78 is 0. The third-order valence-electron chi connectivity index (χ3n) is 8.15.